The maximum absolute atomic E-state index is 11.6. The Morgan fingerprint density at radius 2 is 2.17 bits per heavy atom. The number of epoxide rings is 1. The lowest BCUT2D eigenvalue weighted by Gasteiger charge is -2.49. The highest BCUT2D eigenvalue weighted by Crippen LogP contribution is 2.73. The molecule has 3 atom stereocenters. The van der Waals surface area contributed by atoms with Gasteiger partial charge in [-0.1, -0.05) is 19.4 Å². The van der Waals surface area contributed by atoms with Gasteiger partial charge < -0.3 is 4.74 Å². The minimum Gasteiger partial charge on any atom is -0.356 e. The van der Waals surface area contributed by atoms with Crippen LogP contribution < -0.4 is 0 Å². The van der Waals surface area contributed by atoms with Crippen molar-refractivity contribution in [2.45, 2.75) is 32.5 Å². The van der Waals surface area contributed by atoms with Gasteiger partial charge in [0.05, 0.1) is 0 Å². The van der Waals surface area contributed by atoms with Crippen LogP contribution in [-0.4, -0.2) is 17.5 Å². The van der Waals surface area contributed by atoms with Crippen LogP contribution in [0.1, 0.15) is 20.8 Å². The molecule has 4 rings (SSSR count). The molecule has 3 aliphatic carbocycles. The van der Waals surface area contributed by atoms with Crippen molar-refractivity contribution in [3.05, 3.63) is 11.6 Å². The Balaban J connectivity index is 2.20. The van der Waals surface area contributed by atoms with Gasteiger partial charge >= 0.3 is 0 Å². The van der Waals surface area contributed by atoms with E-state index in [1.165, 1.54) is 5.57 Å². The van der Waals surface area contributed by atoms with Crippen LogP contribution in [0, 0.1) is 11.3 Å². The highest BCUT2D eigenvalue weighted by atomic mass is 16.6. The second-order valence-electron chi connectivity index (χ2n) is 4.73. The summed E-state index contributed by atoms with van der Waals surface area (Å²) in [5, 5.41) is 0. The average Bonchev–Trinajstić information content (AvgIpc) is 2.58. The third-order valence-corrected chi connectivity index (χ3v) is 3.91. The number of hydrogen-bond donors (Lipinski definition) is 0. The van der Waals surface area contributed by atoms with Gasteiger partial charge in [-0.25, -0.2) is 0 Å². The van der Waals surface area contributed by atoms with Crippen LogP contribution in [-0.2, 0) is 9.53 Å². The van der Waals surface area contributed by atoms with Crippen molar-refractivity contribution in [1.29, 1.82) is 0 Å². The molecular formula is C10H12O2. The zero-order valence-electron chi connectivity index (χ0n) is 7.55. The van der Waals surface area contributed by atoms with Gasteiger partial charge in [-0.05, 0) is 13.0 Å². The summed E-state index contributed by atoms with van der Waals surface area (Å²) in [6.45, 7) is 6.31. The molecule has 0 radical (unpaired) electrons. The first-order chi connectivity index (χ1) is 5.52. The number of rotatable bonds is 0. The van der Waals surface area contributed by atoms with Crippen molar-refractivity contribution < 1.29 is 9.53 Å². The SMILES string of the molecule is CC1=CC(=O)C23OC2C1C3(C)C. The molecule has 4 aliphatic rings. The largest absolute Gasteiger partial charge is 0.356 e. The summed E-state index contributed by atoms with van der Waals surface area (Å²) in [5.41, 5.74) is 0.861. The summed E-state index contributed by atoms with van der Waals surface area (Å²) in [6.07, 6.45) is 1.99. The summed E-state index contributed by atoms with van der Waals surface area (Å²) in [6, 6.07) is 0. The Bertz CT molecular complexity index is 327. The Hall–Kier alpha value is -0.630. The van der Waals surface area contributed by atoms with Gasteiger partial charge in [0.2, 0.25) is 0 Å². The van der Waals surface area contributed by atoms with Crippen LogP contribution in [0.2, 0.25) is 0 Å². The van der Waals surface area contributed by atoms with Crippen molar-refractivity contribution in [2.24, 2.45) is 11.3 Å². The third kappa shape index (κ3) is 0.384. The number of carbonyl (C=O) groups excluding carboxylic acids is 1. The maximum atomic E-state index is 11.6. The molecule has 2 fully saturated rings. The van der Waals surface area contributed by atoms with E-state index >= 15 is 0 Å². The Kier molecular flexibility index (Phi) is 0.806. The molecule has 64 valence electrons. The standard InChI is InChI=1S/C10H12O2/c1-5-4-6(11)10-8(12-10)7(5)9(10,2)3/h4,7-8H,1-3H3. The Morgan fingerprint density at radius 3 is 2.67 bits per heavy atom. The molecule has 1 saturated carbocycles. The molecule has 1 heterocycles. The first-order valence-electron chi connectivity index (χ1n) is 4.42. The van der Waals surface area contributed by atoms with Crippen molar-refractivity contribution in [3.8, 4) is 0 Å². The lowest BCUT2D eigenvalue weighted by molar-refractivity contribution is -0.128. The van der Waals surface area contributed by atoms with Gasteiger partial charge in [-0.2, -0.15) is 0 Å². The molecular weight excluding hydrogens is 152 g/mol. The van der Waals surface area contributed by atoms with Crippen LogP contribution >= 0.6 is 0 Å². The Labute approximate surface area is 71.6 Å². The van der Waals surface area contributed by atoms with Crippen molar-refractivity contribution in [3.63, 3.8) is 0 Å². The first kappa shape index (κ1) is 6.84. The van der Waals surface area contributed by atoms with Gasteiger partial charge in [-0.3, -0.25) is 4.79 Å². The number of ether oxygens (including phenoxy) is 1. The fourth-order valence-corrected chi connectivity index (χ4v) is 3.23. The van der Waals surface area contributed by atoms with E-state index in [1.54, 1.807) is 6.08 Å². The topological polar surface area (TPSA) is 29.6 Å². The van der Waals surface area contributed by atoms with Crippen molar-refractivity contribution in [1.82, 2.24) is 0 Å². The van der Waals surface area contributed by atoms with E-state index in [0.717, 1.165) is 0 Å². The number of ketones is 1. The fourth-order valence-electron chi connectivity index (χ4n) is 3.23. The van der Waals surface area contributed by atoms with Gasteiger partial charge in [0, 0.05) is 11.3 Å². The van der Waals surface area contributed by atoms with Crippen LogP contribution in [0.4, 0.5) is 0 Å². The van der Waals surface area contributed by atoms with Crippen LogP contribution in [0.5, 0.6) is 0 Å². The van der Waals surface area contributed by atoms with Gasteiger partial charge in [0.1, 0.15) is 6.10 Å². The quantitative estimate of drug-likeness (QED) is 0.505. The molecule has 12 heavy (non-hydrogen) atoms. The molecule has 0 amide bonds. The monoisotopic (exact) mass is 164 g/mol. The number of fused-ring (bicyclic) bond motifs is 1. The zero-order valence-corrected chi connectivity index (χ0v) is 7.55. The predicted molar refractivity (Wildman–Crippen MR) is 43.6 cm³/mol. The lowest BCUT2D eigenvalue weighted by atomic mass is 9.48. The highest BCUT2D eigenvalue weighted by molar-refractivity contribution is 6.05. The first-order valence-corrected chi connectivity index (χ1v) is 4.42. The smallest absolute Gasteiger partial charge is 0.190 e. The maximum Gasteiger partial charge on any atom is 0.190 e. The second-order valence-corrected chi connectivity index (χ2v) is 4.73. The molecule has 1 spiro atoms. The van der Waals surface area contributed by atoms with Gasteiger partial charge in [-0.15, -0.1) is 0 Å². The van der Waals surface area contributed by atoms with Crippen molar-refractivity contribution in [2.75, 3.05) is 0 Å². The predicted octanol–water partition coefficient (Wildman–Crippen LogP) is 1.31. The third-order valence-electron chi connectivity index (χ3n) is 3.91. The van der Waals surface area contributed by atoms with E-state index < -0.39 is 5.60 Å². The highest BCUT2D eigenvalue weighted by Gasteiger charge is 2.85. The second kappa shape index (κ2) is 1.41. The molecule has 0 N–H and O–H groups in total. The molecule has 2 bridgehead atoms. The number of hydrogen-bond acceptors (Lipinski definition) is 2. The molecule has 3 unspecified atom stereocenters. The summed E-state index contributed by atoms with van der Waals surface area (Å²) < 4.78 is 5.54. The molecule has 1 aliphatic heterocycles. The molecule has 0 aromatic rings. The van der Waals surface area contributed by atoms with E-state index in [9.17, 15) is 4.79 Å². The normalized spacial score (nSPS) is 52.2. The fraction of sp³-hybridized carbons (Fsp3) is 0.700. The minimum atomic E-state index is -0.392. The molecule has 0 aromatic heterocycles. The summed E-state index contributed by atoms with van der Waals surface area (Å²) in [4.78, 5) is 11.6. The van der Waals surface area contributed by atoms with Gasteiger partial charge in [0.15, 0.2) is 11.4 Å². The van der Waals surface area contributed by atoms with E-state index in [4.69, 9.17) is 4.74 Å². The molecule has 0 aromatic carbocycles. The van der Waals surface area contributed by atoms with Crippen molar-refractivity contribution >= 4 is 5.78 Å². The lowest BCUT2D eigenvalue weighted by Crippen LogP contribution is -2.61. The minimum absolute atomic E-state index is 0.0492. The van der Waals surface area contributed by atoms with E-state index in [2.05, 4.69) is 13.8 Å². The van der Waals surface area contributed by atoms with Crippen LogP contribution in [0.25, 0.3) is 0 Å². The zero-order chi connectivity index (χ0) is 8.72. The average molecular weight is 164 g/mol. The van der Waals surface area contributed by atoms with E-state index in [1.807, 2.05) is 6.92 Å². The van der Waals surface area contributed by atoms with Gasteiger partial charge in [0.25, 0.3) is 0 Å². The van der Waals surface area contributed by atoms with E-state index in [-0.39, 0.29) is 17.3 Å². The van der Waals surface area contributed by atoms with Crippen LogP contribution in [0.3, 0.4) is 0 Å². The molecule has 1 saturated heterocycles. The number of carbonyl (C=O) groups is 1. The molecule has 2 nitrogen and oxygen atoms in total. The van der Waals surface area contributed by atoms with Crippen LogP contribution in [0.15, 0.2) is 11.6 Å². The Morgan fingerprint density at radius 1 is 1.50 bits per heavy atom. The molecule has 2 heteroatoms. The van der Waals surface area contributed by atoms with E-state index in [0.29, 0.717) is 5.92 Å². The summed E-state index contributed by atoms with van der Waals surface area (Å²) in [7, 11) is 0. The summed E-state index contributed by atoms with van der Waals surface area (Å²) in [5.74, 6) is 0.688. The summed E-state index contributed by atoms with van der Waals surface area (Å²) >= 11 is 0.